The van der Waals surface area contributed by atoms with Crippen molar-refractivity contribution in [3.05, 3.63) is 82.9 Å². The lowest BCUT2D eigenvalue weighted by Crippen LogP contribution is -2.41. The largest absolute Gasteiger partial charge is 0.495 e. The summed E-state index contributed by atoms with van der Waals surface area (Å²) in [7, 11) is -0.697. The van der Waals surface area contributed by atoms with Gasteiger partial charge in [-0.25, -0.2) is 4.79 Å². The standard InChI is InChI=1S/C30H32BNO6/c1-18-19(15-27(33)34)14-20(16-26(18)31-37-29(2,3)30(4,5)38-31)32-28(35)36-17-25-23-12-8-6-10-21(23)22-11-7-9-13-24(22)25/h6-14,16,25H,15,17H2,1-5H3,(H,32,35)(H,33,34). The maximum absolute atomic E-state index is 12.9. The molecule has 0 radical (unpaired) electrons. The highest BCUT2D eigenvalue weighted by atomic mass is 16.7. The smallest absolute Gasteiger partial charge is 0.481 e. The number of carboxylic acids is 1. The Morgan fingerprint density at radius 2 is 1.50 bits per heavy atom. The van der Waals surface area contributed by atoms with E-state index in [-0.39, 0.29) is 18.9 Å². The second-order valence-electron chi connectivity index (χ2n) is 11.0. The first-order valence-corrected chi connectivity index (χ1v) is 12.8. The lowest BCUT2D eigenvalue weighted by atomic mass is 9.74. The predicted molar refractivity (Wildman–Crippen MR) is 147 cm³/mol. The van der Waals surface area contributed by atoms with Gasteiger partial charge in [0.25, 0.3) is 0 Å². The summed E-state index contributed by atoms with van der Waals surface area (Å²) in [6.07, 6.45) is -0.810. The van der Waals surface area contributed by atoms with Crippen molar-refractivity contribution >= 4 is 30.3 Å². The second kappa shape index (κ2) is 9.60. The number of nitrogens with one attached hydrogen (secondary N) is 1. The first-order valence-electron chi connectivity index (χ1n) is 12.8. The number of amides is 1. The van der Waals surface area contributed by atoms with E-state index in [4.69, 9.17) is 14.0 Å². The average Bonchev–Trinajstić information content (AvgIpc) is 3.28. The summed E-state index contributed by atoms with van der Waals surface area (Å²) in [6.45, 7) is 9.85. The number of hydrogen-bond donors (Lipinski definition) is 2. The number of rotatable bonds is 6. The highest BCUT2D eigenvalue weighted by Crippen LogP contribution is 2.44. The van der Waals surface area contributed by atoms with Crippen LogP contribution >= 0.6 is 0 Å². The van der Waals surface area contributed by atoms with Gasteiger partial charge in [0.15, 0.2) is 0 Å². The van der Waals surface area contributed by atoms with E-state index in [1.807, 2.05) is 58.9 Å². The highest BCUT2D eigenvalue weighted by molar-refractivity contribution is 6.62. The van der Waals surface area contributed by atoms with Gasteiger partial charge in [-0.05, 0) is 85.6 Å². The third kappa shape index (κ3) is 4.70. The third-order valence-electron chi connectivity index (χ3n) is 7.99. The summed E-state index contributed by atoms with van der Waals surface area (Å²) < 4.78 is 18.1. The molecule has 2 N–H and O–H groups in total. The second-order valence-corrected chi connectivity index (χ2v) is 11.0. The van der Waals surface area contributed by atoms with Crippen molar-refractivity contribution in [2.75, 3.05) is 11.9 Å². The Hall–Kier alpha value is -3.62. The van der Waals surface area contributed by atoms with Crippen LogP contribution in [0.1, 0.15) is 55.9 Å². The van der Waals surface area contributed by atoms with E-state index in [1.54, 1.807) is 12.1 Å². The normalized spacial score (nSPS) is 17.1. The molecule has 0 spiro atoms. The van der Waals surface area contributed by atoms with Crippen LogP contribution in [0.25, 0.3) is 11.1 Å². The van der Waals surface area contributed by atoms with Crippen LogP contribution < -0.4 is 10.8 Å². The minimum Gasteiger partial charge on any atom is -0.481 e. The first-order chi connectivity index (χ1) is 18.0. The number of carboxylic acid groups (broad SMARTS) is 1. The molecule has 1 saturated heterocycles. The molecule has 3 aromatic rings. The molecule has 0 atom stereocenters. The summed E-state index contributed by atoms with van der Waals surface area (Å²) in [4.78, 5) is 24.5. The molecule has 38 heavy (non-hydrogen) atoms. The van der Waals surface area contributed by atoms with Gasteiger partial charge >= 0.3 is 19.2 Å². The fourth-order valence-corrected chi connectivity index (χ4v) is 5.18. The van der Waals surface area contributed by atoms with Crippen molar-refractivity contribution in [3.63, 3.8) is 0 Å². The Labute approximate surface area is 223 Å². The number of ether oxygens (including phenoxy) is 1. The van der Waals surface area contributed by atoms with Gasteiger partial charge in [-0.3, -0.25) is 10.1 Å². The molecule has 0 bridgehead atoms. The van der Waals surface area contributed by atoms with Crippen LogP contribution in [-0.4, -0.2) is 42.1 Å². The van der Waals surface area contributed by atoms with Crippen molar-refractivity contribution in [1.29, 1.82) is 0 Å². The topological polar surface area (TPSA) is 94.1 Å². The molecule has 1 amide bonds. The molecule has 5 rings (SSSR count). The molecule has 0 aromatic heterocycles. The minimum absolute atomic E-state index is 0.0611. The Morgan fingerprint density at radius 3 is 2.05 bits per heavy atom. The van der Waals surface area contributed by atoms with Crippen LogP contribution in [0.3, 0.4) is 0 Å². The van der Waals surface area contributed by atoms with Gasteiger partial charge in [-0.1, -0.05) is 48.5 Å². The first kappa shape index (κ1) is 26.0. The van der Waals surface area contributed by atoms with Gasteiger partial charge in [0.2, 0.25) is 0 Å². The Bertz CT molecular complexity index is 1350. The summed E-state index contributed by atoms with van der Waals surface area (Å²) in [5.74, 6) is -1.03. The van der Waals surface area contributed by atoms with Gasteiger partial charge in [0.05, 0.1) is 17.6 Å². The van der Waals surface area contributed by atoms with E-state index in [0.29, 0.717) is 16.7 Å². The zero-order valence-electron chi connectivity index (χ0n) is 22.3. The number of carbonyl (C=O) groups is 2. The van der Waals surface area contributed by atoms with Crippen LogP contribution in [0.5, 0.6) is 0 Å². The maximum atomic E-state index is 12.9. The van der Waals surface area contributed by atoms with E-state index >= 15 is 0 Å². The summed E-state index contributed by atoms with van der Waals surface area (Å²) in [6, 6.07) is 19.7. The minimum atomic E-state index is -0.966. The molecule has 2 aliphatic rings. The van der Waals surface area contributed by atoms with Gasteiger partial charge < -0.3 is 19.2 Å². The molecule has 1 fully saturated rings. The molecule has 7 nitrogen and oxygen atoms in total. The Morgan fingerprint density at radius 1 is 0.947 bits per heavy atom. The lowest BCUT2D eigenvalue weighted by molar-refractivity contribution is -0.136. The van der Waals surface area contributed by atoms with Crippen molar-refractivity contribution in [1.82, 2.24) is 0 Å². The number of hydrogen-bond acceptors (Lipinski definition) is 5. The summed E-state index contributed by atoms with van der Waals surface area (Å²) >= 11 is 0. The van der Waals surface area contributed by atoms with E-state index in [1.165, 1.54) is 0 Å². The third-order valence-corrected chi connectivity index (χ3v) is 7.99. The fraction of sp³-hybridized carbons (Fsp3) is 0.333. The molecule has 1 aliphatic carbocycles. The molecular formula is C30H32BNO6. The molecule has 1 aliphatic heterocycles. The number of benzene rings is 3. The van der Waals surface area contributed by atoms with Crippen LogP contribution in [0, 0.1) is 6.92 Å². The summed E-state index contributed by atoms with van der Waals surface area (Å²) in [5.41, 5.74) is 5.86. The SMILES string of the molecule is Cc1c(CC(=O)O)cc(NC(=O)OCC2c3ccccc3-c3ccccc32)cc1B1OC(C)(C)C(C)(C)O1. The van der Waals surface area contributed by atoms with E-state index in [0.717, 1.165) is 27.8 Å². The number of carbonyl (C=O) groups excluding carboxylic acids is 1. The van der Waals surface area contributed by atoms with Gasteiger partial charge in [0, 0.05) is 11.6 Å². The molecular weight excluding hydrogens is 481 g/mol. The van der Waals surface area contributed by atoms with E-state index < -0.39 is 30.4 Å². The van der Waals surface area contributed by atoms with Gasteiger partial charge in [-0.15, -0.1) is 0 Å². The number of anilines is 1. The average molecular weight is 513 g/mol. The van der Waals surface area contributed by atoms with Crippen molar-refractivity contribution in [2.24, 2.45) is 0 Å². The molecule has 0 unspecified atom stereocenters. The zero-order valence-corrected chi connectivity index (χ0v) is 22.3. The number of fused-ring (bicyclic) bond motifs is 3. The highest BCUT2D eigenvalue weighted by Gasteiger charge is 2.52. The predicted octanol–water partition coefficient (Wildman–Crippen LogP) is 5.28. The van der Waals surface area contributed by atoms with Crippen LogP contribution in [0.15, 0.2) is 60.7 Å². The lowest BCUT2D eigenvalue weighted by Gasteiger charge is -2.32. The van der Waals surface area contributed by atoms with E-state index in [9.17, 15) is 14.7 Å². The van der Waals surface area contributed by atoms with Crippen LogP contribution in [0.4, 0.5) is 10.5 Å². The van der Waals surface area contributed by atoms with Gasteiger partial charge in [-0.2, -0.15) is 0 Å². The molecule has 3 aromatic carbocycles. The van der Waals surface area contributed by atoms with Gasteiger partial charge in [0.1, 0.15) is 6.61 Å². The monoisotopic (exact) mass is 513 g/mol. The summed E-state index contributed by atoms with van der Waals surface area (Å²) in [5, 5.41) is 12.3. The van der Waals surface area contributed by atoms with Crippen LogP contribution in [-0.2, 0) is 25.3 Å². The fourth-order valence-electron chi connectivity index (χ4n) is 5.18. The zero-order chi connectivity index (χ0) is 27.2. The quantitative estimate of drug-likeness (QED) is 0.436. The Balaban J connectivity index is 1.37. The molecule has 196 valence electrons. The van der Waals surface area contributed by atoms with Crippen molar-refractivity contribution < 1.29 is 28.7 Å². The molecule has 0 saturated carbocycles. The molecule has 8 heteroatoms. The van der Waals surface area contributed by atoms with Crippen molar-refractivity contribution in [2.45, 2.75) is 58.2 Å². The Kier molecular flexibility index (Phi) is 6.57. The maximum Gasteiger partial charge on any atom is 0.495 e. The number of aliphatic carboxylic acids is 1. The van der Waals surface area contributed by atoms with Crippen molar-refractivity contribution in [3.8, 4) is 11.1 Å². The van der Waals surface area contributed by atoms with Crippen LogP contribution in [0.2, 0.25) is 0 Å². The molecule has 1 heterocycles. The van der Waals surface area contributed by atoms with E-state index in [2.05, 4.69) is 29.6 Å².